The smallest absolute Gasteiger partial charge is 0.302 e. The largest absolute Gasteiger partial charge is 0.324 e. The molecule has 1 amide bonds. The van der Waals surface area contributed by atoms with Gasteiger partial charge in [0, 0.05) is 30.1 Å². The van der Waals surface area contributed by atoms with Crippen LogP contribution in [0.3, 0.4) is 0 Å². The van der Waals surface area contributed by atoms with Gasteiger partial charge in [-0.2, -0.15) is 0 Å². The van der Waals surface area contributed by atoms with Crippen LogP contribution in [-0.2, 0) is 4.79 Å². The molecule has 3 rings (SSSR count). The van der Waals surface area contributed by atoms with E-state index in [9.17, 15) is 14.9 Å². The number of aryl methyl sites for hydroxylation is 2. The van der Waals surface area contributed by atoms with Crippen LogP contribution in [0.15, 0.2) is 30.3 Å². The summed E-state index contributed by atoms with van der Waals surface area (Å²) in [6.45, 7) is 11.4. The number of carbonyl (C=O) groups excluding carboxylic acids is 1. The van der Waals surface area contributed by atoms with Gasteiger partial charge in [0.15, 0.2) is 5.13 Å². The molecular weight excluding hydrogens is 432 g/mol. The van der Waals surface area contributed by atoms with Crippen molar-refractivity contribution < 1.29 is 9.72 Å². The van der Waals surface area contributed by atoms with Crippen molar-refractivity contribution in [3.05, 3.63) is 56.5 Å². The number of rotatable bonds is 9. The molecule has 0 unspecified atom stereocenters. The van der Waals surface area contributed by atoms with Crippen molar-refractivity contribution >= 4 is 55.0 Å². The van der Waals surface area contributed by atoms with Crippen LogP contribution in [-0.4, -0.2) is 46.9 Å². The Kier molecular flexibility index (Phi) is 7.53. The van der Waals surface area contributed by atoms with E-state index >= 15 is 0 Å². The lowest BCUT2D eigenvalue weighted by Gasteiger charge is -2.23. The standard InChI is InChI=1S/C22H26N4O3S2/c1-5-24(6-2)11-12-25(19(27)9-7-17-8-10-20(30-17)26(28)29)22-23-18-14-15(3)13-16(4)21(18)31-22/h7-10,13-14H,5-6,11-12H2,1-4H3/b9-7+. The van der Waals surface area contributed by atoms with E-state index in [0.29, 0.717) is 16.6 Å². The van der Waals surface area contributed by atoms with Crippen molar-refractivity contribution in [3.8, 4) is 0 Å². The number of amides is 1. The average Bonchev–Trinajstić information content (AvgIpc) is 3.37. The van der Waals surface area contributed by atoms with E-state index in [2.05, 4.69) is 31.7 Å². The normalized spacial score (nSPS) is 11.6. The van der Waals surface area contributed by atoms with Crippen LogP contribution >= 0.6 is 22.7 Å². The number of likely N-dealkylation sites (N-methyl/N-ethyl adjacent to an activating group) is 1. The van der Waals surface area contributed by atoms with E-state index < -0.39 is 4.92 Å². The summed E-state index contributed by atoms with van der Waals surface area (Å²) in [5.74, 6) is -0.184. The third-order valence-corrected chi connectivity index (χ3v) is 7.25. The predicted octanol–water partition coefficient (Wildman–Crippen LogP) is 5.27. The minimum Gasteiger partial charge on any atom is -0.302 e. The molecule has 7 nitrogen and oxygen atoms in total. The Morgan fingerprint density at radius 3 is 2.55 bits per heavy atom. The first-order chi connectivity index (χ1) is 14.8. The first kappa shape index (κ1) is 23.1. The van der Waals surface area contributed by atoms with Crippen LogP contribution in [0.4, 0.5) is 10.1 Å². The minimum atomic E-state index is -0.425. The lowest BCUT2D eigenvalue weighted by atomic mass is 10.1. The van der Waals surface area contributed by atoms with E-state index in [1.54, 1.807) is 17.0 Å². The fourth-order valence-electron chi connectivity index (χ4n) is 3.34. The highest BCUT2D eigenvalue weighted by Crippen LogP contribution is 2.32. The van der Waals surface area contributed by atoms with Crippen LogP contribution in [0.2, 0.25) is 0 Å². The molecule has 31 heavy (non-hydrogen) atoms. The molecule has 1 aromatic carbocycles. The number of carbonyl (C=O) groups is 1. The van der Waals surface area contributed by atoms with E-state index in [1.807, 2.05) is 13.0 Å². The molecule has 0 N–H and O–H groups in total. The number of fused-ring (bicyclic) bond motifs is 1. The first-order valence-electron chi connectivity index (χ1n) is 10.2. The van der Waals surface area contributed by atoms with E-state index in [1.165, 1.54) is 23.5 Å². The van der Waals surface area contributed by atoms with E-state index in [0.717, 1.165) is 52.3 Å². The predicted molar refractivity (Wildman–Crippen MR) is 129 cm³/mol. The van der Waals surface area contributed by atoms with E-state index in [-0.39, 0.29) is 10.9 Å². The average molecular weight is 459 g/mol. The van der Waals surface area contributed by atoms with Crippen LogP contribution in [0, 0.1) is 24.0 Å². The Hall–Kier alpha value is -2.62. The molecule has 0 radical (unpaired) electrons. The van der Waals surface area contributed by atoms with Gasteiger partial charge in [0.05, 0.1) is 15.1 Å². The van der Waals surface area contributed by atoms with Crippen molar-refractivity contribution in [2.45, 2.75) is 27.7 Å². The van der Waals surface area contributed by atoms with Gasteiger partial charge in [-0.05, 0) is 56.3 Å². The van der Waals surface area contributed by atoms with Crippen molar-refractivity contribution in [2.75, 3.05) is 31.1 Å². The van der Waals surface area contributed by atoms with Crippen molar-refractivity contribution in [1.82, 2.24) is 9.88 Å². The number of nitrogens with zero attached hydrogens (tertiary/aromatic N) is 4. The number of hydrogen-bond acceptors (Lipinski definition) is 7. The molecule has 9 heteroatoms. The molecule has 0 aliphatic carbocycles. The van der Waals surface area contributed by atoms with Gasteiger partial charge in [-0.1, -0.05) is 42.6 Å². The van der Waals surface area contributed by atoms with Crippen LogP contribution in [0.5, 0.6) is 0 Å². The molecule has 0 fully saturated rings. The lowest BCUT2D eigenvalue weighted by molar-refractivity contribution is -0.380. The zero-order valence-electron chi connectivity index (χ0n) is 18.1. The summed E-state index contributed by atoms with van der Waals surface area (Å²) in [5, 5.41) is 11.6. The van der Waals surface area contributed by atoms with Crippen molar-refractivity contribution in [3.63, 3.8) is 0 Å². The highest BCUT2D eigenvalue weighted by molar-refractivity contribution is 7.22. The molecular formula is C22H26N4O3S2. The Bertz CT molecular complexity index is 1120. The number of hydrogen-bond donors (Lipinski definition) is 0. The first-order valence-corrected chi connectivity index (χ1v) is 11.8. The Balaban J connectivity index is 1.89. The van der Waals surface area contributed by atoms with Gasteiger partial charge in [-0.3, -0.25) is 19.8 Å². The molecule has 0 saturated carbocycles. The van der Waals surface area contributed by atoms with E-state index in [4.69, 9.17) is 4.98 Å². The molecule has 0 atom stereocenters. The highest BCUT2D eigenvalue weighted by atomic mass is 32.1. The van der Waals surface area contributed by atoms with Crippen molar-refractivity contribution in [2.24, 2.45) is 0 Å². The number of benzene rings is 1. The summed E-state index contributed by atoms with van der Waals surface area (Å²) in [4.78, 5) is 33.0. The lowest BCUT2D eigenvalue weighted by Crippen LogP contribution is -2.38. The second-order valence-corrected chi connectivity index (χ2v) is 9.28. The highest BCUT2D eigenvalue weighted by Gasteiger charge is 2.20. The van der Waals surface area contributed by atoms with Gasteiger partial charge in [-0.15, -0.1) is 0 Å². The molecule has 2 heterocycles. The summed E-state index contributed by atoms with van der Waals surface area (Å²) in [6.07, 6.45) is 3.11. The maximum Gasteiger partial charge on any atom is 0.324 e. The third-order valence-electron chi connectivity index (χ3n) is 5.02. The molecule has 2 aromatic heterocycles. The summed E-state index contributed by atoms with van der Waals surface area (Å²) in [7, 11) is 0. The van der Waals surface area contributed by atoms with Crippen molar-refractivity contribution in [1.29, 1.82) is 0 Å². The Morgan fingerprint density at radius 2 is 1.90 bits per heavy atom. The Labute approximate surface area is 189 Å². The van der Waals surface area contributed by atoms with Gasteiger partial charge >= 0.3 is 5.00 Å². The maximum absolute atomic E-state index is 13.1. The van der Waals surface area contributed by atoms with Gasteiger partial charge < -0.3 is 4.90 Å². The monoisotopic (exact) mass is 458 g/mol. The number of thiophene rings is 1. The quantitative estimate of drug-likeness (QED) is 0.248. The van der Waals surface area contributed by atoms with Gasteiger partial charge in [0.2, 0.25) is 0 Å². The third kappa shape index (κ3) is 5.55. The van der Waals surface area contributed by atoms with Crippen LogP contribution < -0.4 is 4.90 Å². The molecule has 0 aliphatic heterocycles. The number of anilines is 1. The fraction of sp³-hybridized carbons (Fsp3) is 0.364. The molecule has 0 aliphatic rings. The SMILES string of the molecule is CCN(CC)CCN(C(=O)/C=C/c1ccc([N+](=O)[O-])s1)c1nc2cc(C)cc(C)c2s1. The van der Waals surface area contributed by atoms with Gasteiger partial charge in [0.1, 0.15) is 0 Å². The molecule has 0 bridgehead atoms. The maximum atomic E-state index is 13.1. The molecule has 0 saturated heterocycles. The second-order valence-electron chi connectivity index (χ2n) is 7.21. The number of aromatic nitrogens is 1. The Morgan fingerprint density at radius 1 is 1.16 bits per heavy atom. The molecule has 0 spiro atoms. The topological polar surface area (TPSA) is 79.6 Å². The number of nitro groups is 1. The zero-order valence-corrected chi connectivity index (χ0v) is 19.8. The minimum absolute atomic E-state index is 0.0579. The van der Waals surface area contributed by atoms with Gasteiger partial charge in [-0.25, -0.2) is 4.98 Å². The summed E-state index contributed by atoms with van der Waals surface area (Å²) >= 11 is 2.57. The summed E-state index contributed by atoms with van der Waals surface area (Å²) in [5.41, 5.74) is 3.19. The second kappa shape index (κ2) is 10.1. The number of thiazole rings is 1. The van der Waals surface area contributed by atoms with Crippen LogP contribution in [0.25, 0.3) is 16.3 Å². The van der Waals surface area contributed by atoms with Gasteiger partial charge in [0.25, 0.3) is 5.91 Å². The summed E-state index contributed by atoms with van der Waals surface area (Å²) in [6, 6.07) is 7.26. The summed E-state index contributed by atoms with van der Waals surface area (Å²) < 4.78 is 1.08. The fourth-order valence-corrected chi connectivity index (χ4v) is 5.11. The van der Waals surface area contributed by atoms with Crippen LogP contribution in [0.1, 0.15) is 29.9 Å². The molecule has 3 aromatic rings. The molecule has 164 valence electrons. The zero-order chi connectivity index (χ0) is 22.5.